The number of alkyl halides is 3. The van der Waals surface area contributed by atoms with E-state index in [0.29, 0.717) is 23.6 Å². The Hall–Kier alpha value is -1.61. The molecule has 1 N–H and O–H groups in total. The second-order valence-electron chi connectivity index (χ2n) is 10.8. The minimum absolute atomic E-state index is 0.0292. The Morgan fingerprint density at radius 3 is 2.45 bits per heavy atom. The number of anilines is 2. The first-order chi connectivity index (χ1) is 15.8. The van der Waals surface area contributed by atoms with Crippen LogP contribution >= 0.6 is 0 Å². The predicted molar refractivity (Wildman–Crippen MR) is 121 cm³/mol. The Morgan fingerprint density at radius 2 is 1.79 bits per heavy atom. The number of rotatable bonds is 5. The molecule has 1 aliphatic carbocycles. The standard InChI is InChI=1S/C24H36F3N5O/c1-16-3-2-6-32(12-16)22-11-21(24(25,26)27)23(30-29-22)28-20-9-18-14-31(15-19(18)10-20)13-17-4-7-33-8-5-17/h11,16-20H,2-10,12-15H2,1H3,(H,28,30)/t16?,18-,19?,20?/m1/s1. The predicted octanol–water partition coefficient (Wildman–Crippen LogP) is 4.28. The van der Waals surface area contributed by atoms with Gasteiger partial charge in [0.2, 0.25) is 0 Å². The van der Waals surface area contributed by atoms with Gasteiger partial charge in [0, 0.05) is 52.0 Å². The average Bonchev–Trinajstić information content (AvgIpc) is 3.32. The largest absolute Gasteiger partial charge is 0.420 e. The van der Waals surface area contributed by atoms with Crippen LogP contribution in [0.4, 0.5) is 24.8 Å². The van der Waals surface area contributed by atoms with E-state index < -0.39 is 11.7 Å². The van der Waals surface area contributed by atoms with Gasteiger partial charge in [0.05, 0.1) is 0 Å². The molecule has 1 aromatic heterocycles. The monoisotopic (exact) mass is 467 g/mol. The van der Waals surface area contributed by atoms with Crippen LogP contribution in [0.2, 0.25) is 0 Å². The molecule has 33 heavy (non-hydrogen) atoms. The number of hydrogen-bond acceptors (Lipinski definition) is 6. The van der Waals surface area contributed by atoms with Crippen LogP contribution in [-0.4, -0.2) is 67.1 Å². The number of fused-ring (bicyclic) bond motifs is 1. The summed E-state index contributed by atoms with van der Waals surface area (Å²) in [6, 6.07) is 1.22. The minimum Gasteiger partial charge on any atom is -0.381 e. The number of hydrogen-bond donors (Lipinski definition) is 1. The van der Waals surface area contributed by atoms with Gasteiger partial charge >= 0.3 is 6.18 Å². The zero-order chi connectivity index (χ0) is 23.0. The number of piperidine rings is 1. The molecule has 184 valence electrons. The van der Waals surface area contributed by atoms with Gasteiger partial charge in [0.1, 0.15) is 5.56 Å². The molecule has 0 radical (unpaired) electrons. The summed E-state index contributed by atoms with van der Waals surface area (Å²) >= 11 is 0. The first-order valence-corrected chi connectivity index (χ1v) is 12.6. The number of nitrogens with zero attached hydrogens (tertiary/aromatic N) is 4. The van der Waals surface area contributed by atoms with Crippen LogP contribution in [0.3, 0.4) is 0 Å². The van der Waals surface area contributed by atoms with E-state index in [4.69, 9.17) is 4.74 Å². The van der Waals surface area contributed by atoms with Gasteiger partial charge in [-0.2, -0.15) is 13.2 Å². The molecule has 6 nitrogen and oxygen atoms in total. The summed E-state index contributed by atoms with van der Waals surface area (Å²) < 4.78 is 47.2. The van der Waals surface area contributed by atoms with Crippen LogP contribution in [0, 0.1) is 23.7 Å². The highest BCUT2D eigenvalue weighted by atomic mass is 19.4. The number of aromatic nitrogens is 2. The normalized spacial score (nSPS) is 31.7. The Bertz CT molecular complexity index is 802. The lowest BCUT2D eigenvalue weighted by molar-refractivity contribution is -0.137. The summed E-state index contributed by atoms with van der Waals surface area (Å²) in [6.07, 6.45) is 1.71. The minimum atomic E-state index is -4.45. The smallest absolute Gasteiger partial charge is 0.381 e. The maximum atomic E-state index is 13.9. The molecule has 0 aromatic carbocycles. The van der Waals surface area contributed by atoms with E-state index in [1.807, 2.05) is 4.90 Å². The Labute approximate surface area is 194 Å². The van der Waals surface area contributed by atoms with Gasteiger partial charge in [-0.05, 0) is 68.3 Å². The van der Waals surface area contributed by atoms with E-state index in [-0.39, 0.29) is 11.9 Å². The molecule has 3 saturated heterocycles. The van der Waals surface area contributed by atoms with Crippen LogP contribution in [0.5, 0.6) is 0 Å². The van der Waals surface area contributed by atoms with Crippen LogP contribution in [0.15, 0.2) is 6.07 Å². The third-order valence-corrected chi connectivity index (χ3v) is 8.09. The fourth-order valence-corrected chi connectivity index (χ4v) is 6.41. The van der Waals surface area contributed by atoms with Crippen molar-refractivity contribution in [2.24, 2.45) is 23.7 Å². The molecule has 4 fully saturated rings. The van der Waals surface area contributed by atoms with Gasteiger partial charge in [0.25, 0.3) is 0 Å². The molecule has 1 aromatic rings. The average molecular weight is 468 g/mol. The van der Waals surface area contributed by atoms with Gasteiger partial charge < -0.3 is 19.9 Å². The third-order valence-electron chi connectivity index (χ3n) is 8.09. The fourth-order valence-electron chi connectivity index (χ4n) is 6.41. The third kappa shape index (κ3) is 5.39. The first-order valence-electron chi connectivity index (χ1n) is 12.6. The zero-order valence-corrected chi connectivity index (χ0v) is 19.5. The Kier molecular flexibility index (Phi) is 6.71. The molecule has 3 aliphatic heterocycles. The number of nitrogens with one attached hydrogen (secondary N) is 1. The molecule has 4 atom stereocenters. The summed E-state index contributed by atoms with van der Waals surface area (Å²) in [5.41, 5.74) is -0.691. The Balaban J connectivity index is 1.21. The fraction of sp³-hybridized carbons (Fsp3) is 0.833. The quantitative estimate of drug-likeness (QED) is 0.698. The highest BCUT2D eigenvalue weighted by Gasteiger charge is 2.43. The highest BCUT2D eigenvalue weighted by molar-refractivity contribution is 5.53. The van der Waals surface area contributed by atoms with Crippen molar-refractivity contribution in [3.63, 3.8) is 0 Å². The lowest BCUT2D eigenvalue weighted by Crippen LogP contribution is -2.35. The van der Waals surface area contributed by atoms with Gasteiger partial charge in [0.15, 0.2) is 11.6 Å². The van der Waals surface area contributed by atoms with Crippen molar-refractivity contribution in [2.75, 3.05) is 56.2 Å². The number of halogens is 3. The molecule has 4 heterocycles. The molecule has 0 bridgehead atoms. The van der Waals surface area contributed by atoms with E-state index in [9.17, 15) is 13.2 Å². The molecule has 9 heteroatoms. The van der Waals surface area contributed by atoms with Crippen molar-refractivity contribution in [2.45, 2.75) is 57.7 Å². The van der Waals surface area contributed by atoms with Gasteiger partial charge in [-0.15, -0.1) is 10.2 Å². The van der Waals surface area contributed by atoms with Crippen molar-refractivity contribution < 1.29 is 17.9 Å². The van der Waals surface area contributed by atoms with Crippen molar-refractivity contribution in [1.82, 2.24) is 15.1 Å². The van der Waals surface area contributed by atoms with E-state index in [2.05, 4.69) is 27.3 Å². The summed E-state index contributed by atoms with van der Waals surface area (Å²) in [5.74, 6) is 2.51. The van der Waals surface area contributed by atoms with Crippen molar-refractivity contribution >= 4 is 11.6 Å². The van der Waals surface area contributed by atoms with E-state index in [1.165, 1.54) is 6.07 Å². The van der Waals surface area contributed by atoms with Gasteiger partial charge in [-0.25, -0.2) is 0 Å². The van der Waals surface area contributed by atoms with Crippen LogP contribution in [-0.2, 0) is 10.9 Å². The summed E-state index contributed by atoms with van der Waals surface area (Å²) in [7, 11) is 0. The van der Waals surface area contributed by atoms with E-state index >= 15 is 0 Å². The summed E-state index contributed by atoms with van der Waals surface area (Å²) in [5, 5.41) is 11.4. The van der Waals surface area contributed by atoms with Gasteiger partial charge in [-0.3, -0.25) is 0 Å². The van der Waals surface area contributed by atoms with Crippen LogP contribution < -0.4 is 10.2 Å². The molecule has 4 aliphatic rings. The first kappa shape index (κ1) is 23.1. The molecule has 1 saturated carbocycles. The maximum Gasteiger partial charge on any atom is 0.420 e. The summed E-state index contributed by atoms with van der Waals surface area (Å²) in [4.78, 5) is 4.50. The highest BCUT2D eigenvalue weighted by Crippen LogP contribution is 2.42. The Morgan fingerprint density at radius 1 is 1.06 bits per heavy atom. The maximum absolute atomic E-state index is 13.9. The van der Waals surface area contributed by atoms with Crippen LogP contribution in [0.1, 0.15) is 51.0 Å². The second kappa shape index (κ2) is 9.56. The molecule has 0 amide bonds. The lowest BCUT2D eigenvalue weighted by atomic mass is 10.00. The molecular weight excluding hydrogens is 431 g/mol. The number of ether oxygens (including phenoxy) is 1. The summed E-state index contributed by atoms with van der Waals surface area (Å²) in [6.45, 7) is 8.59. The molecule has 0 spiro atoms. The second-order valence-corrected chi connectivity index (χ2v) is 10.8. The van der Waals surface area contributed by atoms with Crippen molar-refractivity contribution in [3.8, 4) is 0 Å². The SMILES string of the molecule is CC1CCCN(c2cc(C(F)(F)F)c(NC3CC4CN(CC5CCOCC5)C[C@H]4C3)nn2)C1. The van der Waals surface area contributed by atoms with E-state index in [1.54, 1.807) is 0 Å². The zero-order valence-electron chi connectivity index (χ0n) is 19.5. The van der Waals surface area contributed by atoms with Gasteiger partial charge in [-0.1, -0.05) is 6.92 Å². The topological polar surface area (TPSA) is 53.5 Å². The molecule has 5 rings (SSSR count). The lowest BCUT2D eigenvalue weighted by Gasteiger charge is -2.32. The molecule has 3 unspecified atom stereocenters. The molecular formula is C24H36F3N5O. The van der Waals surface area contributed by atoms with Crippen LogP contribution in [0.25, 0.3) is 0 Å². The van der Waals surface area contributed by atoms with E-state index in [0.717, 1.165) is 90.4 Å². The van der Waals surface area contributed by atoms with Crippen molar-refractivity contribution in [1.29, 1.82) is 0 Å². The van der Waals surface area contributed by atoms with Crippen molar-refractivity contribution in [3.05, 3.63) is 11.6 Å². The number of likely N-dealkylation sites (tertiary alicyclic amines) is 1.